The highest BCUT2D eigenvalue weighted by molar-refractivity contribution is 5.90. The number of amidine groups is 1. The van der Waals surface area contributed by atoms with Crippen LogP contribution < -0.4 is 5.73 Å². The van der Waals surface area contributed by atoms with Crippen molar-refractivity contribution < 1.29 is 35.5 Å². The van der Waals surface area contributed by atoms with Crippen molar-refractivity contribution in [1.82, 2.24) is 9.80 Å². The maximum atomic E-state index is 13.4. The predicted octanol–water partition coefficient (Wildman–Crippen LogP) is 5.55. The minimum Gasteiger partial charge on any atom is -0.360 e. The monoisotopic (exact) mass is 528 g/mol. The van der Waals surface area contributed by atoms with Gasteiger partial charge in [0.15, 0.2) is 11.6 Å². The number of hydrogen-bond donors (Lipinski definition) is 1. The Balaban J connectivity index is 0.00000291. The second kappa shape index (κ2) is 14.8. The van der Waals surface area contributed by atoms with E-state index in [4.69, 9.17) is 5.73 Å². The summed E-state index contributed by atoms with van der Waals surface area (Å²) in [6, 6.07) is 2.80. The fraction of sp³-hybridized carbons (Fsp3) is 0.583. The standard InChI is InChI=1S/C20H23F7N4O.2C2H6/c1-12(19(23,24)20(25,26)27)29-17-11-31(8-7-30(17)2)18(32)10-14(28)5-3-13-4-6-15(21)16(22)9-13;2*1-2/h4,6,9,14H,1,3,5,7-8,10-11,28H2,2H3;2*1-2H3/t14-;;/m1../s1. The predicted molar refractivity (Wildman–Crippen MR) is 127 cm³/mol. The molecule has 0 aromatic heterocycles. The number of alkyl halides is 5. The van der Waals surface area contributed by atoms with Gasteiger partial charge >= 0.3 is 12.1 Å². The fourth-order valence-corrected chi connectivity index (χ4v) is 3.00. The lowest BCUT2D eigenvalue weighted by Crippen LogP contribution is -2.52. The molecule has 1 amide bonds. The summed E-state index contributed by atoms with van der Waals surface area (Å²) in [7, 11) is 1.45. The van der Waals surface area contributed by atoms with Gasteiger partial charge in [0.1, 0.15) is 11.5 Å². The fourth-order valence-electron chi connectivity index (χ4n) is 3.00. The van der Waals surface area contributed by atoms with Crippen LogP contribution in [0, 0.1) is 11.6 Å². The molecule has 0 aliphatic carbocycles. The first-order valence-electron chi connectivity index (χ1n) is 11.6. The molecular formula is C24H35F7N4O. The summed E-state index contributed by atoms with van der Waals surface area (Å²) >= 11 is 0. The van der Waals surface area contributed by atoms with E-state index in [0.29, 0.717) is 18.4 Å². The van der Waals surface area contributed by atoms with E-state index in [9.17, 15) is 35.5 Å². The average molecular weight is 529 g/mol. The number of amides is 1. The van der Waals surface area contributed by atoms with E-state index in [1.165, 1.54) is 22.9 Å². The van der Waals surface area contributed by atoms with Crippen LogP contribution in [0.15, 0.2) is 35.5 Å². The van der Waals surface area contributed by atoms with Gasteiger partial charge in [-0.3, -0.25) is 4.79 Å². The van der Waals surface area contributed by atoms with Gasteiger partial charge in [-0.05, 0) is 30.5 Å². The molecule has 0 spiro atoms. The molecule has 1 saturated heterocycles. The van der Waals surface area contributed by atoms with Crippen LogP contribution in [0.1, 0.15) is 46.1 Å². The SMILES string of the molecule is C=C(N=C1CN(C(=O)C[C@H](N)CCc2ccc(F)c(F)c2)CCN1C)C(F)(F)C(F)(F)F.CC.CC. The number of nitrogens with zero attached hydrogens (tertiary/aromatic N) is 3. The first kappa shape index (κ1) is 33.4. The van der Waals surface area contributed by atoms with Crippen molar-refractivity contribution in [2.75, 3.05) is 26.7 Å². The lowest BCUT2D eigenvalue weighted by molar-refractivity contribution is -0.264. The van der Waals surface area contributed by atoms with Gasteiger partial charge < -0.3 is 15.5 Å². The van der Waals surface area contributed by atoms with E-state index in [-0.39, 0.29) is 31.9 Å². The van der Waals surface area contributed by atoms with Gasteiger partial charge in [0.2, 0.25) is 5.91 Å². The van der Waals surface area contributed by atoms with Crippen molar-refractivity contribution in [2.24, 2.45) is 10.7 Å². The van der Waals surface area contributed by atoms with Crippen molar-refractivity contribution >= 4 is 11.7 Å². The topological polar surface area (TPSA) is 61.9 Å². The molecule has 1 aliphatic rings. The molecule has 12 heteroatoms. The van der Waals surface area contributed by atoms with Gasteiger partial charge in [0.25, 0.3) is 0 Å². The Morgan fingerprint density at radius 1 is 1.08 bits per heavy atom. The minimum atomic E-state index is -5.84. The quantitative estimate of drug-likeness (QED) is 0.472. The van der Waals surface area contributed by atoms with E-state index < -0.39 is 41.4 Å². The van der Waals surface area contributed by atoms with E-state index >= 15 is 0 Å². The van der Waals surface area contributed by atoms with Crippen LogP contribution in [-0.2, 0) is 11.2 Å². The molecule has 0 unspecified atom stereocenters. The Kier molecular flexibility index (Phi) is 13.7. The van der Waals surface area contributed by atoms with Gasteiger partial charge in [-0.2, -0.15) is 22.0 Å². The van der Waals surface area contributed by atoms with Gasteiger partial charge in [0.05, 0.1) is 6.54 Å². The van der Waals surface area contributed by atoms with Crippen LogP contribution in [0.5, 0.6) is 0 Å². The minimum absolute atomic E-state index is 0.125. The van der Waals surface area contributed by atoms with E-state index in [0.717, 1.165) is 12.1 Å². The largest absolute Gasteiger partial charge is 0.459 e. The molecule has 0 saturated carbocycles. The molecule has 206 valence electrons. The first-order valence-corrected chi connectivity index (χ1v) is 11.6. The third-order valence-corrected chi connectivity index (χ3v) is 5.04. The number of aryl methyl sites for hydroxylation is 1. The third-order valence-electron chi connectivity index (χ3n) is 5.04. The second-order valence-corrected chi connectivity index (χ2v) is 7.54. The summed E-state index contributed by atoms with van der Waals surface area (Å²) in [5.74, 6) is -7.76. The number of piperazine rings is 1. The normalized spacial score (nSPS) is 16.0. The van der Waals surface area contributed by atoms with Crippen LogP contribution >= 0.6 is 0 Å². The maximum Gasteiger partial charge on any atom is 0.459 e. The number of carbonyl (C=O) groups excluding carboxylic acids is 1. The number of aliphatic imine (C=N–C) groups is 1. The summed E-state index contributed by atoms with van der Waals surface area (Å²) in [6.45, 7) is 10.8. The maximum absolute atomic E-state index is 13.4. The molecule has 0 bridgehead atoms. The molecule has 1 aromatic carbocycles. The second-order valence-electron chi connectivity index (χ2n) is 7.54. The summed E-state index contributed by atoms with van der Waals surface area (Å²) in [6.07, 6.45) is -5.37. The van der Waals surface area contributed by atoms with Crippen molar-refractivity contribution in [2.45, 2.75) is 65.1 Å². The average Bonchev–Trinajstić information content (AvgIpc) is 2.83. The summed E-state index contributed by atoms with van der Waals surface area (Å²) in [5.41, 5.74) is 4.79. The molecule has 0 radical (unpaired) electrons. The zero-order valence-electron chi connectivity index (χ0n) is 21.2. The number of nitrogens with two attached hydrogens (primary N) is 1. The Hall–Kier alpha value is -2.63. The zero-order chi connectivity index (χ0) is 28.3. The van der Waals surface area contributed by atoms with Crippen molar-refractivity contribution in [3.05, 3.63) is 47.7 Å². The number of rotatable bonds is 7. The molecular weight excluding hydrogens is 493 g/mol. The lowest BCUT2D eigenvalue weighted by Gasteiger charge is -2.35. The number of benzene rings is 1. The van der Waals surface area contributed by atoms with E-state index in [2.05, 4.69) is 11.6 Å². The van der Waals surface area contributed by atoms with Crippen LogP contribution in [-0.4, -0.2) is 66.4 Å². The van der Waals surface area contributed by atoms with Crippen molar-refractivity contribution in [3.63, 3.8) is 0 Å². The van der Waals surface area contributed by atoms with Gasteiger partial charge in [-0.25, -0.2) is 13.8 Å². The summed E-state index contributed by atoms with van der Waals surface area (Å²) < 4.78 is 90.6. The van der Waals surface area contributed by atoms with Crippen LogP contribution in [0.4, 0.5) is 30.7 Å². The number of likely N-dealkylation sites (N-methyl/N-ethyl adjacent to an activating group) is 1. The van der Waals surface area contributed by atoms with Crippen molar-refractivity contribution in [3.8, 4) is 0 Å². The molecule has 36 heavy (non-hydrogen) atoms. The Labute approximate surface area is 207 Å². The molecule has 1 atom stereocenters. The van der Waals surface area contributed by atoms with E-state index in [1.807, 2.05) is 27.7 Å². The van der Waals surface area contributed by atoms with E-state index in [1.54, 1.807) is 0 Å². The molecule has 1 aliphatic heterocycles. The molecule has 1 fully saturated rings. The highest BCUT2D eigenvalue weighted by Crippen LogP contribution is 2.41. The molecule has 2 N–H and O–H groups in total. The first-order chi connectivity index (χ1) is 16.7. The van der Waals surface area contributed by atoms with Gasteiger partial charge in [-0.1, -0.05) is 40.3 Å². The number of hydrogen-bond acceptors (Lipinski definition) is 3. The smallest absolute Gasteiger partial charge is 0.360 e. The number of halogens is 7. The van der Waals surface area contributed by atoms with Crippen molar-refractivity contribution in [1.29, 1.82) is 0 Å². The summed E-state index contributed by atoms with van der Waals surface area (Å²) in [4.78, 5) is 18.5. The highest BCUT2D eigenvalue weighted by atomic mass is 19.4. The molecule has 2 rings (SSSR count). The highest BCUT2D eigenvalue weighted by Gasteiger charge is 2.60. The molecule has 5 nitrogen and oxygen atoms in total. The summed E-state index contributed by atoms with van der Waals surface area (Å²) in [5, 5.41) is 0. The van der Waals surface area contributed by atoms with Crippen LogP contribution in [0.2, 0.25) is 0 Å². The Bertz CT molecular complexity index is 888. The third kappa shape index (κ3) is 9.44. The van der Waals surface area contributed by atoms with Gasteiger partial charge in [0, 0.05) is 32.6 Å². The lowest BCUT2D eigenvalue weighted by atomic mass is 10.0. The van der Waals surface area contributed by atoms with Gasteiger partial charge in [-0.15, -0.1) is 0 Å². The molecule has 1 aromatic rings. The number of allylic oxidation sites excluding steroid dienone is 1. The molecule has 1 heterocycles. The van der Waals surface area contributed by atoms with Crippen LogP contribution in [0.3, 0.4) is 0 Å². The zero-order valence-corrected chi connectivity index (χ0v) is 21.2. The Morgan fingerprint density at radius 2 is 1.67 bits per heavy atom. The Morgan fingerprint density at radius 3 is 2.19 bits per heavy atom. The van der Waals surface area contributed by atoms with Crippen LogP contribution in [0.25, 0.3) is 0 Å². The number of carbonyl (C=O) groups is 1.